The number of anilines is 1. The van der Waals surface area contributed by atoms with Crippen molar-refractivity contribution in [1.82, 2.24) is 14.9 Å². The lowest BCUT2D eigenvalue weighted by molar-refractivity contribution is -0.135. The van der Waals surface area contributed by atoms with E-state index in [0.29, 0.717) is 12.5 Å². The molecule has 2 aliphatic heterocycles. The maximum atomic E-state index is 13.1. The van der Waals surface area contributed by atoms with E-state index in [1.54, 1.807) is 12.4 Å². The van der Waals surface area contributed by atoms with Crippen LogP contribution in [0.15, 0.2) is 42.7 Å². The first-order valence-electron chi connectivity index (χ1n) is 8.53. The van der Waals surface area contributed by atoms with Crippen LogP contribution >= 0.6 is 0 Å². The van der Waals surface area contributed by atoms with Crippen LogP contribution in [0.25, 0.3) is 0 Å². The summed E-state index contributed by atoms with van der Waals surface area (Å²) in [6.45, 7) is 5.24. The Morgan fingerprint density at radius 1 is 1.12 bits per heavy atom. The molecule has 1 spiro atoms. The van der Waals surface area contributed by atoms with Gasteiger partial charge in [-0.2, -0.15) is 0 Å². The largest absolute Gasteiger partial charge is 0.340 e. The normalized spacial score (nSPS) is 23.5. The molecule has 0 aliphatic carbocycles. The van der Waals surface area contributed by atoms with E-state index in [1.165, 1.54) is 11.1 Å². The number of amides is 1. The topological polar surface area (TPSA) is 49.3 Å². The van der Waals surface area contributed by atoms with Crippen LogP contribution in [0.5, 0.6) is 0 Å². The lowest BCUT2D eigenvalue weighted by Gasteiger charge is -2.23. The van der Waals surface area contributed by atoms with Crippen molar-refractivity contribution in [3.8, 4) is 0 Å². The van der Waals surface area contributed by atoms with Crippen molar-refractivity contribution in [2.24, 2.45) is 5.41 Å². The van der Waals surface area contributed by atoms with E-state index in [-0.39, 0.29) is 5.41 Å². The molecule has 0 saturated carbocycles. The van der Waals surface area contributed by atoms with Gasteiger partial charge in [-0.15, -0.1) is 0 Å². The van der Waals surface area contributed by atoms with Gasteiger partial charge in [-0.1, -0.05) is 29.8 Å². The molecule has 1 amide bonds. The van der Waals surface area contributed by atoms with Crippen LogP contribution in [0.2, 0.25) is 0 Å². The van der Waals surface area contributed by atoms with Crippen LogP contribution in [0.1, 0.15) is 24.0 Å². The first-order valence-corrected chi connectivity index (χ1v) is 8.53. The molecule has 0 N–H and O–H groups in total. The Labute approximate surface area is 142 Å². The fraction of sp³-hybridized carbons (Fsp3) is 0.421. The van der Waals surface area contributed by atoms with Crippen molar-refractivity contribution in [2.45, 2.75) is 26.3 Å². The number of rotatable bonds is 3. The zero-order chi connectivity index (χ0) is 16.6. The number of carbonyl (C=O) groups excluding carboxylic acids is 1. The molecule has 0 bridgehead atoms. The van der Waals surface area contributed by atoms with Gasteiger partial charge in [0, 0.05) is 38.6 Å². The first-order chi connectivity index (χ1) is 11.7. The van der Waals surface area contributed by atoms with Gasteiger partial charge >= 0.3 is 0 Å². The van der Waals surface area contributed by atoms with E-state index in [4.69, 9.17) is 0 Å². The second kappa shape index (κ2) is 5.89. The van der Waals surface area contributed by atoms with Crippen molar-refractivity contribution >= 4 is 11.9 Å². The number of hydrogen-bond acceptors (Lipinski definition) is 4. The molecular weight excluding hydrogens is 300 g/mol. The fourth-order valence-corrected chi connectivity index (χ4v) is 3.95. The maximum absolute atomic E-state index is 13.1. The molecule has 2 aliphatic rings. The third-order valence-corrected chi connectivity index (χ3v) is 5.25. The van der Waals surface area contributed by atoms with Gasteiger partial charge in [-0.3, -0.25) is 4.79 Å². The zero-order valence-electron chi connectivity index (χ0n) is 14.0. The summed E-state index contributed by atoms with van der Waals surface area (Å²) >= 11 is 0. The van der Waals surface area contributed by atoms with E-state index in [1.807, 2.05) is 11.0 Å². The van der Waals surface area contributed by atoms with Crippen molar-refractivity contribution in [3.05, 3.63) is 53.9 Å². The van der Waals surface area contributed by atoms with E-state index in [0.717, 1.165) is 38.4 Å². The summed E-state index contributed by atoms with van der Waals surface area (Å²) in [6.07, 6.45) is 5.34. The van der Waals surface area contributed by atoms with Crippen molar-refractivity contribution in [2.75, 3.05) is 24.5 Å². The Morgan fingerprint density at radius 3 is 2.71 bits per heavy atom. The molecule has 1 aromatic carbocycles. The highest BCUT2D eigenvalue weighted by atomic mass is 16.2. The number of hydrogen-bond donors (Lipinski definition) is 0. The molecule has 2 saturated heterocycles. The molecule has 2 aromatic rings. The first kappa shape index (κ1) is 15.1. The molecule has 0 radical (unpaired) electrons. The number of nitrogens with zero attached hydrogens (tertiary/aromatic N) is 4. The number of aromatic nitrogens is 2. The SMILES string of the molecule is Cc1cccc(CN2CC[C@@]3(CCN(c4ncccn4)C3)C2=O)c1. The van der Waals surface area contributed by atoms with Gasteiger partial charge in [-0.05, 0) is 31.4 Å². The lowest BCUT2D eigenvalue weighted by Crippen LogP contribution is -2.37. The molecule has 3 heterocycles. The summed E-state index contributed by atoms with van der Waals surface area (Å²) in [5, 5.41) is 0. The van der Waals surface area contributed by atoms with Gasteiger partial charge in [0.25, 0.3) is 0 Å². The van der Waals surface area contributed by atoms with Crippen LogP contribution in [0.4, 0.5) is 5.95 Å². The summed E-state index contributed by atoms with van der Waals surface area (Å²) in [5.41, 5.74) is 2.20. The highest BCUT2D eigenvalue weighted by Gasteiger charge is 2.51. The summed E-state index contributed by atoms with van der Waals surface area (Å²) < 4.78 is 0. The average Bonchev–Trinajstić information content (AvgIpc) is 3.16. The quantitative estimate of drug-likeness (QED) is 0.871. The minimum Gasteiger partial charge on any atom is -0.340 e. The number of carbonyl (C=O) groups is 1. The molecular formula is C19H22N4O. The molecule has 0 unspecified atom stereocenters. The molecule has 5 nitrogen and oxygen atoms in total. The maximum Gasteiger partial charge on any atom is 0.231 e. The van der Waals surface area contributed by atoms with Gasteiger partial charge < -0.3 is 9.80 Å². The molecule has 2 fully saturated rings. The zero-order valence-corrected chi connectivity index (χ0v) is 14.0. The van der Waals surface area contributed by atoms with E-state index in [9.17, 15) is 4.79 Å². The molecule has 1 aromatic heterocycles. The van der Waals surface area contributed by atoms with Crippen molar-refractivity contribution in [1.29, 1.82) is 0 Å². The smallest absolute Gasteiger partial charge is 0.231 e. The predicted octanol–water partition coefficient (Wildman–Crippen LogP) is 2.41. The van der Waals surface area contributed by atoms with Gasteiger partial charge in [0.05, 0.1) is 5.41 Å². The Bertz CT molecular complexity index is 748. The van der Waals surface area contributed by atoms with Crippen LogP contribution in [0.3, 0.4) is 0 Å². The van der Waals surface area contributed by atoms with Crippen molar-refractivity contribution < 1.29 is 4.79 Å². The Balaban J connectivity index is 1.47. The summed E-state index contributed by atoms with van der Waals surface area (Å²) in [7, 11) is 0. The monoisotopic (exact) mass is 322 g/mol. The lowest BCUT2D eigenvalue weighted by atomic mass is 9.85. The van der Waals surface area contributed by atoms with Gasteiger partial charge in [0.1, 0.15) is 0 Å². The molecule has 124 valence electrons. The highest BCUT2D eigenvalue weighted by Crippen LogP contribution is 2.41. The minimum absolute atomic E-state index is 0.247. The van der Waals surface area contributed by atoms with Crippen LogP contribution in [0, 0.1) is 12.3 Å². The third-order valence-electron chi connectivity index (χ3n) is 5.25. The fourth-order valence-electron chi connectivity index (χ4n) is 3.95. The second-order valence-electron chi connectivity index (χ2n) is 6.97. The molecule has 1 atom stereocenters. The van der Waals surface area contributed by atoms with Gasteiger partial charge in [0.15, 0.2) is 0 Å². The number of likely N-dealkylation sites (tertiary alicyclic amines) is 1. The third kappa shape index (κ3) is 2.64. The molecule has 4 rings (SSSR count). The van der Waals surface area contributed by atoms with E-state index < -0.39 is 0 Å². The Kier molecular flexibility index (Phi) is 3.71. The summed E-state index contributed by atoms with van der Waals surface area (Å²) in [5.74, 6) is 1.03. The minimum atomic E-state index is -0.247. The highest BCUT2D eigenvalue weighted by molar-refractivity contribution is 5.86. The standard InChI is InChI=1S/C19H22N4O/c1-15-4-2-5-16(12-15)13-22-10-6-19(17(22)24)7-11-23(14-19)18-20-8-3-9-21-18/h2-5,8-9,12H,6-7,10-11,13-14H2,1H3/t19-/m0/s1. The van der Waals surface area contributed by atoms with Gasteiger partial charge in [-0.25, -0.2) is 9.97 Å². The second-order valence-corrected chi connectivity index (χ2v) is 6.97. The van der Waals surface area contributed by atoms with Gasteiger partial charge in [0.2, 0.25) is 11.9 Å². The average molecular weight is 322 g/mol. The Hall–Kier alpha value is -2.43. The van der Waals surface area contributed by atoms with Crippen LogP contribution < -0.4 is 4.90 Å². The molecule has 24 heavy (non-hydrogen) atoms. The Morgan fingerprint density at radius 2 is 1.92 bits per heavy atom. The van der Waals surface area contributed by atoms with E-state index >= 15 is 0 Å². The summed E-state index contributed by atoms with van der Waals surface area (Å²) in [4.78, 5) is 25.9. The van der Waals surface area contributed by atoms with Crippen LogP contribution in [-0.2, 0) is 11.3 Å². The summed E-state index contributed by atoms with van der Waals surface area (Å²) in [6, 6.07) is 10.2. The molecule has 5 heteroatoms. The predicted molar refractivity (Wildman–Crippen MR) is 92.5 cm³/mol. The van der Waals surface area contributed by atoms with Crippen LogP contribution in [-0.4, -0.2) is 40.4 Å². The number of benzene rings is 1. The van der Waals surface area contributed by atoms with Crippen molar-refractivity contribution in [3.63, 3.8) is 0 Å². The van der Waals surface area contributed by atoms with E-state index in [2.05, 4.69) is 46.1 Å². The number of aryl methyl sites for hydroxylation is 1.